The van der Waals surface area contributed by atoms with Gasteiger partial charge in [0.05, 0.1) is 6.04 Å². The molecule has 0 saturated heterocycles. The number of hydrogen-bond donors (Lipinski definition) is 2. The van der Waals surface area contributed by atoms with Crippen LogP contribution in [0.25, 0.3) is 0 Å². The quantitative estimate of drug-likeness (QED) is 0.914. The molecule has 116 valence electrons. The number of pyridine rings is 1. The molecule has 0 aliphatic carbocycles. The molecule has 2 N–H and O–H groups in total. The zero-order chi connectivity index (χ0) is 16.4. The molecular formula is C18H22N2O2. The molecule has 4 heteroatoms. The average molecular weight is 298 g/mol. The number of carbonyl (C=O) groups excluding carboxylic acids is 1. The highest BCUT2D eigenvalue weighted by atomic mass is 16.2. The van der Waals surface area contributed by atoms with E-state index >= 15 is 0 Å². The zero-order valence-electron chi connectivity index (χ0n) is 13.7. The lowest BCUT2D eigenvalue weighted by atomic mass is 10.0. The molecule has 1 amide bonds. The van der Waals surface area contributed by atoms with Gasteiger partial charge in [-0.3, -0.25) is 9.59 Å². The highest BCUT2D eigenvalue weighted by Crippen LogP contribution is 2.17. The van der Waals surface area contributed by atoms with Gasteiger partial charge in [0.25, 0.3) is 11.5 Å². The maximum atomic E-state index is 12.4. The number of carbonyl (C=O) groups is 1. The van der Waals surface area contributed by atoms with Crippen LogP contribution in [0.5, 0.6) is 0 Å². The van der Waals surface area contributed by atoms with Crippen LogP contribution in [0, 0.1) is 27.7 Å². The maximum absolute atomic E-state index is 12.4. The summed E-state index contributed by atoms with van der Waals surface area (Å²) < 4.78 is 0. The highest BCUT2D eigenvalue weighted by Gasteiger charge is 2.17. The lowest BCUT2D eigenvalue weighted by Gasteiger charge is -2.16. The van der Waals surface area contributed by atoms with E-state index in [4.69, 9.17) is 0 Å². The van der Waals surface area contributed by atoms with Crippen LogP contribution in [-0.2, 0) is 0 Å². The van der Waals surface area contributed by atoms with Crippen LogP contribution in [0.4, 0.5) is 0 Å². The second kappa shape index (κ2) is 6.18. The molecule has 1 heterocycles. The van der Waals surface area contributed by atoms with Crippen molar-refractivity contribution in [2.75, 3.05) is 0 Å². The molecule has 4 nitrogen and oxygen atoms in total. The minimum atomic E-state index is -0.345. The predicted molar refractivity (Wildman–Crippen MR) is 88.3 cm³/mol. The Bertz CT molecular complexity index is 755. The number of amides is 1. The van der Waals surface area contributed by atoms with Gasteiger partial charge < -0.3 is 10.3 Å². The van der Waals surface area contributed by atoms with Crippen LogP contribution in [-0.4, -0.2) is 10.9 Å². The van der Waals surface area contributed by atoms with Crippen LogP contribution in [0.15, 0.2) is 29.1 Å². The molecule has 0 fully saturated rings. The minimum absolute atomic E-state index is 0.161. The van der Waals surface area contributed by atoms with E-state index in [1.807, 2.05) is 32.9 Å². The van der Waals surface area contributed by atoms with Gasteiger partial charge in [-0.05, 0) is 51.8 Å². The smallest absolute Gasteiger partial charge is 0.261 e. The van der Waals surface area contributed by atoms with Crippen LogP contribution < -0.4 is 10.9 Å². The van der Waals surface area contributed by atoms with E-state index in [-0.39, 0.29) is 23.1 Å². The molecule has 1 aromatic heterocycles. The van der Waals surface area contributed by atoms with Crippen molar-refractivity contribution in [3.8, 4) is 0 Å². The lowest BCUT2D eigenvalue weighted by Crippen LogP contribution is -2.32. The second-order valence-corrected chi connectivity index (χ2v) is 5.96. The third kappa shape index (κ3) is 3.45. The molecule has 22 heavy (non-hydrogen) atoms. The summed E-state index contributed by atoms with van der Waals surface area (Å²) in [6, 6.07) is 7.82. The predicted octanol–water partition coefficient (Wildman–Crippen LogP) is 3.10. The van der Waals surface area contributed by atoms with E-state index in [1.165, 1.54) is 0 Å². The van der Waals surface area contributed by atoms with Gasteiger partial charge in [0.15, 0.2) is 0 Å². The fraction of sp³-hybridized carbons (Fsp3) is 0.333. The van der Waals surface area contributed by atoms with Gasteiger partial charge in [0.1, 0.15) is 5.56 Å². The number of hydrogen-bond acceptors (Lipinski definition) is 2. The van der Waals surface area contributed by atoms with Crippen molar-refractivity contribution in [3.63, 3.8) is 0 Å². The van der Waals surface area contributed by atoms with Crippen LogP contribution in [0.2, 0.25) is 0 Å². The fourth-order valence-corrected chi connectivity index (χ4v) is 2.75. The number of aromatic nitrogens is 1. The first-order valence-electron chi connectivity index (χ1n) is 7.37. The third-order valence-electron chi connectivity index (χ3n) is 3.68. The maximum Gasteiger partial charge on any atom is 0.261 e. The molecule has 0 saturated carbocycles. The van der Waals surface area contributed by atoms with Crippen molar-refractivity contribution < 1.29 is 4.79 Å². The van der Waals surface area contributed by atoms with Crippen molar-refractivity contribution in [1.29, 1.82) is 0 Å². The van der Waals surface area contributed by atoms with Crippen LogP contribution in [0.3, 0.4) is 0 Å². The molecular weight excluding hydrogens is 276 g/mol. The topological polar surface area (TPSA) is 62.0 Å². The SMILES string of the molecule is Cc1cc(C)cc(C(C)NC(=O)c2c(C)cc(C)[nH]c2=O)c1. The lowest BCUT2D eigenvalue weighted by molar-refractivity contribution is 0.0937. The Hall–Kier alpha value is -2.36. The van der Waals surface area contributed by atoms with Crippen molar-refractivity contribution in [2.24, 2.45) is 0 Å². The Morgan fingerprint density at radius 1 is 1.05 bits per heavy atom. The van der Waals surface area contributed by atoms with E-state index in [0.717, 1.165) is 22.4 Å². The average Bonchev–Trinajstić information content (AvgIpc) is 2.35. The molecule has 1 atom stereocenters. The number of H-pyrrole nitrogens is 1. The first-order valence-corrected chi connectivity index (χ1v) is 7.37. The van der Waals surface area contributed by atoms with Crippen molar-refractivity contribution in [3.05, 3.63) is 68.1 Å². The highest BCUT2D eigenvalue weighted by molar-refractivity contribution is 5.95. The summed E-state index contributed by atoms with van der Waals surface area (Å²) in [4.78, 5) is 27.1. The summed E-state index contributed by atoms with van der Waals surface area (Å²) in [6.45, 7) is 9.55. The fourth-order valence-electron chi connectivity index (χ4n) is 2.75. The summed E-state index contributed by atoms with van der Waals surface area (Å²) >= 11 is 0. The van der Waals surface area contributed by atoms with Gasteiger partial charge in [-0.1, -0.05) is 29.3 Å². The van der Waals surface area contributed by atoms with Gasteiger partial charge in [-0.25, -0.2) is 0 Å². The van der Waals surface area contributed by atoms with Gasteiger partial charge >= 0.3 is 0 Å². The first kappa shape index (κ1) is 16.0. The molecule has 1 unspecified atom stereocenters. The van der Waals surface area contributed by atoms with E-state index in [9.17, 15) is 9.59 Å². The molecule has 0 aliphatic heterocycles. The Balaban J connectivity index is 2.27. The van der Waals surface area contributed by atoms with E-state index in [2.05, 4.69) is 16.4 Å². The summed E-state index contributed by atoms with van der Waals surface area (Å²) in [5.41, 5.74) is 4.62. The third-order valence-corrected chi connectivity index (χ3v) is 3.68. The normalized spacial score (nSPS) is 12.0. The van der Waals surface area contributed by atoms with Crippen LogP contribution in [0.1, 0.15) is 51.3 Å². The Morgan fingerprint density at radius 3 is 2.18 bits per heavy atom. The van der Waals surface area contributed by atoms with Gasteiger partial charge in [0, 0.05) is 5.69 Å². The number of aryl methyl sites for hydroxylation is 4. The van der Waals surface area contributed by atoms with Crippen molar-refractivity contribution >= 4 is 5.91 Å². The monoisotopic (exact) mass is 298 g/mol. The van der Waals surface area contributed by atoms with Crippen molar-refractivity contribution in [1.82, 2.24) is 10.3 Å². The molecule has 2 aromatic rings. The summed E-state index contributed by atoms with van der Waals surface area (Å²) in [6.07, 6.45) is 0. The van der Waals surface area contributed by atoms with Gasteiger partial charge in [-0.15, -0.1) is 0 Å². The van der Waals surface area contributed by atoms with Gasteiger partial charge in [-0.2, -0.15) is 0 Å². The Kier molecular flexibility index (Phi) is 4.50. The standard InChI is InChI=1S/C18H22N2O2/c1-10-6-11(2)8-15(7-10)14(5)20-18(22)16-12(3)9-13(4)19-17(16)21/h6-9,14H,1-5H3,(H,19,21)(H,20,22). The summed E-state index contributed by atoms with van der Waals surface area (Å²) in [5.74, 6) is -0.342. The molecule has 2 rings (SSSR count). The van der Waals surface area contributed by atoms with Gasteiger partial charge in [0.2, 0.25) is 0 Å². The molecule has 0 spiro atoms. The van der Waals surface area contributed by atoms with E-state index in [1.54, 1.807) is 19.9 Å². The number of aromatic amines is 1. The van der Waals surface area contributed by atoms with Crippen molar-refractivity contribution in [2.45, 2.75) is 40.7 Å². The number of rotatable bonds is 3. The Morgan fingerprint density at radius 2 is 1.64 bits per heavy atom. The summed E-state index contributed by atoms with van der Waals surface area (Å²) in [5, 5.41) is 2.91. The number of nitrogens with one attached hydrogen (secondary N) is 2. The molecule has 0 bridgehead atoms. The molecule has 0 aliphatic rings. The van der Waals surface area contributed by atoms with E-state index < -0.39 is 0 Å². The largest absolute Gasteiger partial charge is 0.345 e. The summed E-state index contributed by atoms with van der Waals surface area (Å²) in [7, 11) is 0. The van der Waals surface area contributed by atoms with Crippen LogP contribution >= 0.6 is 0 Å². The Labute approximate surface area is 130 Å². The molecule has 0 radical (unpaired) electrons. The molecule has 1 aromatic carbocycles. The second-order valence-electron chi connectivity index (χ2n) is 5.96. The first-order chi connectivity index (χ1) is 10.3. The minimum Gasteiger partial charge on any atom is -0.345 e. The number of benzene rings is 1. The zero-order valence-corrected chi connectivity index (χ0v) is 13.7. The van der Waals surface area contributed by atoms with E-state index in [0.29, 0.717) is 5.56 Å².